The standard InChI is InChI=1S/C27H28N4O3S/c1-18-10-12-20(13-11-18)25-28-23(19(2)34-25)17-35-27-29-22-8-4-3-7-21(22)26(33)31(27)16-6-15-30-14-5-9-24(30)32/h3-4,7-8,10-13H,5-6,9,14-17H2,1-2H3. The number of nitrogens with zero attached hydrogens (tertiary/aromatic N) is 4. The average Bonchev–Trinajstić information content (AvgIpc) is 3.44. The summed E-state index contributed by atoms with van der Waals surface area (Å²) in [6.07, 6.45) is 2.25. The quantitative estimate of drug-likeness (QED) is 0.257. The van der Waals surface area contributed by atoms with Crippen LogP contribution in [0.4, 0.5) is 0 Å². The van der Waals surface area contributed by atoms with E-state index in [4.69, 9.17) is 14.4 Å². The number of carbonyl (C=O) groups excluding carboxylic acids is 1. The van der Waals surface area contributed by atoms with Crippen LogP contribution in [0.2, 0.25) is 0 Å². The van der Waals surface area contributed by atoms with E-state index in [2.05, 4.69) is 0 Å². The molecule has 1 saturated heterocycles. The van der Waals surface area contributed by atoms with Gasteiger partial charge in [0, 0.05) is 37.4 Å². The maximum absolute atomic E-state index is 13.3. The Morgan fingerprint density at radius 1 is 1.00 bits per heavy atom. The Morgan fingerprint density at radius 3 is 2.57 bits per heavy atom. The summed E-state index contributed by atoms with van der Waals surface area (Å²) in [5, 5.41) is 1.26. The van der Waals surface area contributed by atoms with E-state index >= 15 is 0 Å². The maximum Gasteiger partial charge on any atom is 0.262 e. The highest BCUT2D eigenvalue weighted by molar-refractivity contribution is 7.98. The topological polar surface area (TPSA) is 81.2 Å². The molecule has 5 rings (SSSR count). The minimum atomic E-state index is -0.0527. The number of thioether (sulfide) groups is 1. The summed E-state index contributed by atoms with van der Waals surface area (Å²) in [5.74, 6) is 2.10. The molecule has 8 heteroatoms. The van der Waals surface area contributed by atoms with Gasteiger partial charge in [0.2, 0.25) is 11.8 Å². The first kappa shape index (κ1) is 23.4. The van der Waals surface area contributed by atoms with Crippen LogP contribution in [0.5, 0.6) is 0 Å². The van der Waals surface area contributed by atoms with Gasteiger partial charge in [-0.15, -0.1) is 0 Å². The van der Waals surface area contributed by atoms with Crippen molar-refractivity contribution in [2.75, 3.05) is 13.1 Å². The first-order valence-electron chi connectivity index (χ1n) is 11.9. The van der Waals surface area contributed by atoms with E-state index in [1.54, 1.807) is 4.57 Å². The number of hydrogen-bond donors (Lipinski definition) is 0. The zero-order valence-electron chi connectivity index (χ0n) is 20.0. The Balaban J connectivity index is 1.38. The summed E-state index contributed by atoms with van der Waals surface area (Å²) in [4.78, 5) is 36.7. The number of oxazole rings is 1. The molecule has 7 nitrogen and oxygen atoms in total. The third-order valence-corrected chi connectivity index (χ3v) is 7.32. The molecule has 0 spiro atoms. The number of aryl methyl sites for hydroxylation is 2. The molecule has 1 fully saturated rings. The molecule has 0 bridgehead atoms. The molecule has 3 heterocycles. The predicted molar refractivity (Wildman–Crippen MR) is 137 cm³/mol. The molecule has 2 aromatic heterocycles. The Hall–Kier alpha value is -3.39. The first-order valence-corrected chi connectivity index (χ1v) is 12.9. The first-order chi connectivity index (χ1) is 17.0. The number of benzene rings is 2. The molecule has 1 amide bonds. The molecule has 4 aromatic rings. The van der Waals surface area contributed by atoms with Crippen molar-refractivity contribution in [2.24, 2.45) is 0 Å². The fourth-order valence-corrected chi connectivity index (χ4v) is 5.36. The lowest BCUT2D eigenvalue weighted by Gasteiger charge is -2.17. The Kier molecular flexibility index (Phi) is 6.72. The molecule has 0 unspecified atom stereocenters. The smallest absolute Gasteiger partial charge is 0.262 e. The molecule has 35 heavy (non-hydrogen) atoms. The van der Waals surface area contributed by atoms with Crippen molar-refractivity contribution in [1.29, 1.82) is 0 Å². The van der Waals surface area contributed by atoms with Crippen LogP contribution in [0.25, 0.3) is 22.4 Å². The third kappa shape index (κ3) is 5.03. The largest absolute Gasteiger partial charge is 0.441 e. The number of hydrogen-bond acceptors (Lipinski definition) is 6. The zero-order valence-corrected chi connectivity index (χ0v) is 20.8. The Labute approximate surface area is 208 Å². The Bertz CT molecular complexity index is 1420. The number of likely N-dealkylation sites (tertiary alicyclic amines) is 1. The minimum Gasteiger partial charge on any atom is -0.441 e. The zero-order chi connectivity index (χ0) is 24.4. The van der Waals surface area contributed by atoms with Crippen LogP contribution >= 0.6 is 11.8 Å². The number of para-hydroxylation sites is 1. The van der Waals surface area contributed by atoms with Gasteiger partial charge in [-0.05, 0) is 51.0 Å². The molecule has 0 atom stereocenters. The molecule has 1 aliphatic rings. The van der Waals surface area contributed by atoms with Gasteiger partial charge in [0.15, 0.2) is 5.16 Å². The van der Waals surface area contributed by atoms with Gasteiger partial charge >= 0.3 is 0 Å². The van der Waals surface area contributed by atoms with E-state index in [9.17, 15) is 9.59 Å². The molecule has 0 aliphatic carbocycles. The van der Waals surface area contributed by atoms with Crippen LogP contribution in [0.3, 0.4) is 0 Å². The van der Waals surface area contributed by atoms with Crippen LogP contribution in [-0.4, -0.2) is 38.4 Å². The summed E-state index contributed by atoms with van der Waals surface area (Å²) in [7, 11) is 0. The van der Waals surface area contributed by atoms with E-state index in [0.717, 1.165) is 30.0 Å². The van der Waals surface area contributed by atoms with Crippen molar-refractivity contribution in [2.45, 2.75) is 50.6 Å². The van der Waals surface area contributed by atoms with Crippen LogP contribution < -0.4 is 5.56 Å². The molecule has 0 N–H and O–H groups in total. The molecule has 2 aromatic carbocycles. The van der Waals surface area contributed by atoms with Crippen molar-refractivity contribution in [3.8, 4) is 11.5 Å². The summed E-state index contributed by atoms with van der Waals surface area (Å²) in [5.41, 5.74) is 3.59. The van der Waals surface area contributed by atoms with Gasteiger partial charge in [-0.3, -0.25) is 14.2 Å². The minimum absolute atomic E-state index is 0.0527. The SMILES string of the molecule is Cc1ccc(-c2nc(CSc3nc4ccccc4c(=O)n3CCCN3CCCC3=O)c(C)o2)cc1. The summed E-state index contributed by atoms with van der Waals surface area (Å²) >= 11 is 1.49. The van der Waals surface area contributed by atoms with Gasteiger partial charge in [-0.1, -0.05) is 41.6 Å². The lowest BCUT2D eigenvalue weighted by atomic mass is 10.1. The van der Waals surface area contributed by atoms with Crippen LogP contribution in [-0.2, 0) is 17.1 Å². The monoisotopic (exact) mass is 488 g/mol. The third-order valence-electron chi connectivity index (χ3n) is 6.34. The highest BCUT2D eigenvalue weighted by Crippen LogP contribution is 2.27. The number of aromatic nitrogens is 3. The molecule has 0 saturated carbocycles. The van der Waals surface area contributed by atoms with Crippen molar-refractivity contribution in [1.82, 2.24) is 19.4 Å². The lowest BCUT2D eigenvalue weighted by molar-refractivity contribution is -0.127. The van der Waals surface area contributed by atoms with Gasteiger partial charge < -0.3 is 9.32 Å². The van der Waals surface area contributed by atoms with Crippen molar-refractivity contribution >= 4 is 28.6 Å². The van der Waals surface area contributed by atoms with Gasteiger partial charge in [0.1, 0.15) is 5.76 Å². The van der Waals surface area contributed by atoms with Gasteiger partial charge in [0.25, 0.3) is 5.56 Å². The van der Waals surface area contributed by atoms with Crippen molar-refractivity contribution < 1.29 is 9.21 Å². The second kappa shape index (κ2) is 10.1. The second-order valence-electron chi connectivity index (χ2n) is 8.88. The number of rotatable bonds is 8. The molecule has 180 valence electrons. The Morgan fingerprint density at radius 2 is 1.80 bits per heavy atom. The molecule has 0 radical (unpaired) electrons. The predicted octanol–water partition coefficient (Wildman–Crippen LogP) is 4.97. The normalized spacial score (nSPS) is 13.8. The van der Waals surface area contributed by atoms with E-state index < -0.39 is 0 Å². The van der Waals surface area contributed by atoms with E-state index in [1.165, 1.54) is 17.3 Å². The van der Waals surface area contributed by atoms with E-state index in [0.29, 0.717) is 53.6 Å². The number of carbonyl (C=O) groups is 1. The van der Waals surface area contributed by atoms with Gasteiger partial charge in [-0.25, -0.2) is 9.97 Å². The number of amides is 1. The fourth-order valence-electron chi connectivity index (χ4n) is 4.33. The van der Waals surface area contributed by atoms with Crippen LogP contribution in [0.15, 0.2) is 62.9 Å². The summed E-state index contributed by atoms with van der Waals surface area (Å²) < 4.78 is 7.67. The second-order valence-corrected chi connectivity index (χ2v) is 9.83. The van der Waals surface area contributed by atoms with Crippen molar-refractivity contribution in [3.63, 3.8) is 0 Å². The summed E-state index contributed by atoms with van der Waals surface area (Å²) in [6, 6.07) is 15.5. The van der Waals surface area contributed by atoms with Crippen LogP contribution in [0.1, 0.15) is 36.3 Å². The lowest BCUT2D eigenvalue weighted by Crippen LogP contribution is -2.29. The highest BCUT2D eigenvalue weighted by Gasteiger charge is 2.20. The van der Waals surface area contributed by atoms with E-state index in [-0.39, 0.29) is 11.5 Å². The summed E-state index contributed by atoms with van der Waals surface area (Å²) in [6.45, 7) is 5.93. The molecular weight excluding hydrogens is 460 g/mol. The number of fused-ring (bicyclic) bond motifs is 1. The average molecular weight is 489 g/mol. The highest BCUT2D eigenvalue weighted by atomic mass is 32.2. The van der Waals surface area contributed by atoms with Crippen molar-refractivity contribution in [3.05, 3.63) is 75.9 Å². The van der Waals surface area contributed by atoms with Gasteiger partial charge in [0.05, 0.1) is 16.6 Å². The van der Waals surface area contributed by atoms with Gasteiger partial charge in [-0.2, -0.15) is 0 Å². The molecular formula is C27H28N4O3S. The van der Waals surface area contributed by atoms with Crippen LogP contribution in [0, 0.1) is 13.8 Å². The fraction of sp³-hybridized carbons (Fsp3) is 0.333. The molecule has 1 aliphatic heterocycles. The maximum atomic E-state index is 13.3. The van der Waals surface area contributed by atoms with E-state index in [1.807, 2.05) is 67.3 Å².